The highest BCUT2D eigenvalue weighted by molar-refractivity contribution is 7.89. The van der Waals surface area contributed by atoms with E-state index in [9.17, 15) is 23.6 Å². The second kappa shape index (κ2) is 7.97. The molecule has 0 bridgehead atoms. The summed E-state index contributed by atoms with van der Waals surface area (Å²) in [6.07, 6.45) is 0.627. The van der Waals surface area contributed by atoms with E-state index in [1.54, 1.807) is 13.0 Å². The van der Waals surface area contributed by atoms with Crippen LogP contribution in [0.1, 0.15) is 20.3 Å². The number of aromatic nitrogens is 1. The molecular formula is C18H19N5O5S. The number of aromatic hydroxyl groups is 1. The number of hydrogen-bond acceptors (Lipinski definition) is 7. The van der Waals surface area contributed by atoms with E-state index in [2.05, 4.69) is 19.9 Å². The Morgan fingerprint density at radius 2 is 1.97 bits per heavy atom. The topological polar surface area (TPSA) is 150 Å². The van der Waals surface area contributed by atoms with Crippen molar-refractivity contribution >= 4 is 38.0 Å². The first-order valence-corrected chi connectivity index (χ1v) is 10.2. The Morgan fingerprint density at radius 1 is 1.24 bits per heavy atom. The molecule has 152 valence electrons. The van der Waals surface area contributed by atoms with Crippen molar-refractivity contribution < 1.29 is 18.4 Å². The minimum absolute atomic E-state index is 0.00596. The van der Waals surface area contributed by atoms with Crippen LogP contribution in [-0.4, -0.2) is 29.5 Å². The number of rotatable bonds is 7. The molecule has 1 heterocycles. The quantitative estimate of drug-likeness (QED) is 0.298. The molecular weight excluding hydrogens is 398 g/mol. The molecule has 0 aliphatic rings. The number of nitro groups is 1. The fraction of sp³-hybridized carbons (Fsp3) is 0.222. The number of azo groups is 1. The van der Waals surface area contributed by atoms with E-state index in [0.29, 0.717) is 17.3 Å². The fourth-order valence-electron chi connectivity index (χ4n) is 2.63. The SMILES string of the molecule is CCC(C)NS(=O)(=O)c1ccc2[nH]c(O)c(N=Nc3ccccc3[N+](=O)[O-])c2c1. The normalized spacial score (nSPS) is 13.2. The lowest BCUT2D eigenvalue weighted by Crippen LogP contribution is -2.31. The second-order valence-corrected chi connectivity index (χ2v) is 8.12. The molecule has 0 fully saturated rings. The van der Waals surface area contributed by atoms with Crippen LogP contribution in [0.5, 0.6) is 5.88 Å². The standard InChI is InChI=1S/C18H19N5O5S/c1-3-11(2)22-29(27,28)12-8-9-14-13(10-12)17(18(24)19-14)21-20-15-6-4-5-7-16(15)23(25)26/h4-11,19,22,24H,3H2,1-2H3. The lowest BCUT2D eigenvalue weighted by molar-refractivity contribution is -0.384. The number of aromatic amines is 1. The Labute approximate surface area is 166 Å². The van der Waals surface area contributed by atoms with Crippen LogP contribution in [-0.2, 0) is 10.0 Å². The van der Waals surface area contributed by atoms with Gasteiger partial charge in [-0.05, 0) is 37.6 Å². The summed E-state index contributed by atoms with van der Waals surface area (Å²) in [4.78, 5) is 13.2. The molecule has 0 spiro atoms. The zero-order valence-corrected chi connectivity index (χ0v) is 16.5. The van der Waals surface area contributed by atoms with Crippen LogP contribution in [0.15, 0.2) is 57.6 Å². The molecule has 1 atom stereocenters. The highest BCUT2D eigenvalue weighted by Crippen LogP contribution is 2.38. The van der Waals surface area contributed by atoms with Gasteiger partial charge in [0.15, 0.2) is 11.4 Å². The first-order valence-electron chi connectivity index (χ1n) is 8.75. The third kappa shape index (κ3) is 4.25. The summed E-state index contributed by atoms with van der Waals surface area (Å²) in [5, 5.41) is 29.4. The van der Waals surface area contributed by atoms with Crippen molar-refractivity contribution in [1.82, 2.24) is 9.71 Å². The van der Waals surface area contributed by atoms with Crippen LogP contribution in [0.2, 0.25) is 0 Å². The number of hydrogen-bond donors (Lipinski definition) is 3. The van der Waals surface area contributed by atoms with E-state index in [4.69, 9.17) is 0 Å². The third-order valence-electron chi connectivity index (χ3n) is 4.34. The maximum absolute atomic E-state index is 12.5. The number of benzene rings is 2. The molecule has 0 radical (unpaired) electrons. The smallest absolute Gasteiger partial charge is 0.296 e. The van der Waals surface area contributed by atoms with Crippen LogP contribution in [0.3, 0.4) is 0 Å². The molecule has 0 aliphatic heterocycles. The number of nitro benzene ring substituents is 1. The summed E-state index contributed by atoms with van der Waals surface area (Å²) < 4.78 is 27.7. The molecule has 3 N–H and O–H groups in total. The Kier molecular flexibility index (Phi) is 5.62. The highest BCUT2D eigenvalue weighted by Gasteiger charge is 2.20. The van der Waals surface area contributed by atoms with Crippen molar-refractivity contribution in [2.24, 2.45) is 10.2 Å². The monoisotopic (exact) mass is 417 g/mol. The zero-order chi connectivity index (χ0) is 21.2. The van der Waals surface area contributed by atoms with Crippen molar-refractivity contribution in [3.05, 3.63) is 52.6 Å². The van der Waals surface area contributed by atoms with Gasteiger partial charge in [0, 0.05) is 17.5 Å². The summed E-state index contributed by atoms with van der Waals surface area (Å²) in [5.74, 6) is -0.327. The Balaban J connectivity index is 2.06. The molecule has 11 heteroatoms. The Morgan fingerprint density at radius 3 is 2.66 bits per heavy atom. The lowest BCUT2D eigenvalue weighted by Gasteiger charge is -2.12. The van der Waals surface area contributed by atoms with Gasteiger partial charge < -0.3 is 10.1 Å². The van der Waals surface area contributed by atoms with E-state index in [0.717, 1.165) is 0 Å². The van der Waals surface area contributed by atoms with E-state index < -0.39 is 14.9 Å². The fourth-order valence-corrected chi connectivity index (χ4v) is 3.99. The number of sulfonamides is 1. The molecule has 1 aromatic heterocycles. The molecule has 3 aromatic rings. The average molecular weight is 417 g/mol. The van der Waals surface area contributed by atoms with Gasteiger partial charge in [-0.2, -0.15) is 0 Å². The first-order chi connectivity index (χ1) is 13.7. The molecule has 10 nitrogen and oxygen atoms in total. The summed E-state index contributed by atoms with van der Waals surface area (Å²) >= 11 is 0. The molecule has 29 heavy (non-hydrogen) atoms. The molecule has 2 aromatic carbocycles. The first kappa shape index (κ1) is 20.4. The van der Waals surface area contributed by atoms with E-state index in [-0.39, 0.29) is 33.9 Å². The number of nitrogens with zero attached hydrogens (tertiary/aromatic N) is 3. The minimum Gasteiger partial charge on any atom is -0.493 e. The summed E-state index contributed by atoms with van der Waals surface area (Å²) in [5.41, 5.74) is 0.199. The number of fused-ring (bicyclic) bond motifs is 1. The van der Waals surface area contributed by atoms with Crippen LogP contribution in [0, 0.1) is 10.1 Å². The number of para-hydroxylation sites is 1. The van der Waals surface area contributed by atoms with Gasteiger partial charge in [-0.15, -0.1) is 10.2 Å². The molecule has 0 amide bonds. The van der Waals surface area contributed by atoms with E-state index in [1.807, 2.05) is 6.92 Å². The van der Waals surface area contributed by atoms with Gasteiger partial charge in [0.2, 0.25) is 15.9 Å². The molecule has 1 unspecified atom stereocenters. The van der Waals surface area contributed by atoms with Crippen LogP contribution >= 0.6 is 0 Å². The van der Waals surface area contributed by atoms with Gasteiger partial charge in [-0.3, -0.25) is 10.1 Å². The van der Waals surface area contributed by atoms with Crippen molar-refractivity contribution in [3.63, 3.8) is 0 Å². The molecule has 0 aliphatic carbocycles. The Hall–Kier alpha value is -3.31. The van der Waals surface area contributed by atoms with Crippen molar-refractivity contribution in [3.8, 4) is 5.88 Å². The maximum atomic E-state index is 12.5. The zero-order valence-electron chi connectivity index (χ0n) is 15.7. The predicted octanol–water partition coefficient (Wildman–Crippen LogP) is 4.27. The van der Waals surface area contributed by atoms with Gasteiger partial charge >= 0.3 is 0 Å². The minimum atomic E-state index is -3.76. The summed E-state index contributed by atoms with van der Waals surface area (Å²) in [6, 6.07) is 9.81. The van der Waals surface area contributed by atoms with Crippen molar-refractivity contribution in [2.75, 3.05) is 0 Å². The van der Waals surface area contributed by atoms with Crippen LogP contribution in [0.25, 0.3) is 10.9 Å². The largest absolute Gasteiger partial charge is 0.493 e. The Bertz CT molecular complexity index is 1200. The van der Waals surface area contributed by atoms with Gasteiger partial charge in [0.05, 0.1) is 15.3 Å². The van der Waals surface area contributed by atoms with Gasteiger partial charge in [-0.1, -0.05) is 19.1 Å². The summed E-state index contributed by atoms with van der Waals surface area (Å²) in [6.45, 7) is 3.62. The van der Waals surface area contributed by atoms with Gasteiger partial charge in [0.1, 0.15) is 0 Å². The molecule has 3 rings (SSSR count). The molecule has 0 saturated carbocycles. The van der Waals surface area contributed by atoms with E-state index >= 15 is 0 Å². The maximum Gasteiger partial charge on any atom is 0.296 e. The second-order valence-electron chi connectivity index (χ2n) is 6.41. The lowest BCUT2D eigenvalue weighted by atomic mass is 10.2. The highest BCUT2D eigenvalue weighted by atomic mass is 32.2. The average Bonchev–Trinajstić information content (AvgIpc) is 3.00. The van der Waals surface area contributed by atoms with Gasteiger partial charge in [-0.25, -0.2) is 13.1 Å². The van der Waals surface area contributed by atoms with Crippen LogP contribution in [0.4, 0.5) is 17.1 Å². The van der Waals surface area contributed by atoms with E-state index in [1.165, 1.54) is 36.4 Å². The molecule has 0 saturated heterocycles. The number of H-pyrrole nitrogens is 1. The third-order valence-corrected chi connectivity index (χ3v) is 5.93. The van der Waals surface area contributed by atoms with Crippen molar-refractivity contribution in [1.29, 1.82) is 0 Å². The van der Waals surface area contributed by atoms with Crippen molar-refractivity contribution in [2.45, 2.75) is 31.2 Å². The number of nitrogens with one attached hydrogen (secondary N) is 2. The summed E-state index contributed by atoms with van der Waals surface area (Å²) in [7, 11) is -3.76. The van der Waals surface area contributed by atoms with Gasteiger partial charge in [0.25, 0.3) is 5.69 Å². The van der Waals surface area contributed by atoms with Crippen LogP contribution < -0.4 is 4.72 Å². The predicted molar refractivity (Wildman–Crippen MR) is 107 cm³/mol.